The summed E-state index contributed by atoms with van der Waals surface area (Å²) in [4.78, 5) is 4.45. The topological polar surface area (TPSA) is 105 Å². The highest BCUT2D eigenvalue weighted by molar-refractivity contribution is 8.14. The average molecular weight is 416 g/mol. The first-order valence-corrected chi connectivity index (χ1v) is 10.9. The first kappa shape index (κ1) is 19.0. The van der Waals surface area contributed by atoms with E-state index in [-0.39, 0.29) is 10.9 Å². The van der Waals surface area contributed by atoms with E-state index in [9.17, 15) is 10.2 Å². The van der Waals surface area contributed by atoms with Gasteiger partial charge < -0.3 is 20.3 Å². The second kappa shape index (κ2) is 7.39. The third-order valence-electron chi connectivity index (χ3n) is 5.96. The van der Waals surface area contributed by atoms with Crippen LogP contribution in [0.3, 0.4) is 0 Å². The van der Waals surface area contributed by atoms with Crippen molar-refractivity contribution in [3.63, 3.8) is 0 Å². The van der Waals surface area contributed by atoms with Crippen LogP contribution in [0.5, 0.6) is 0 Å². The van der Waals surface area contributed by atoms with Gasteiger partial charge in [-0.05, 0) is 25.3 Å². The number of ether oxygens (including phenoxy) is 1. The molecule has 8 nitrogen and oxygen atoms in total. The minimum atomic E-state index is -1.03. The molecule has 2 aromatic rings. The van der Waals surface area contributed by atoms with Crippen molar-refractivity contribution in [1.82, 2.24) is 20.3 Å². The van der Waals surface area contributed by atoms with Crippen molar-refractivity contribution in [3.8, 4) is 0 Å². The third kappa shape index (κ3) is 3.35. The standard InChI is InChI=1S/C20H25N5O3S/c1-2-21-19-22-15-17(27)16(26)13(28-18(15)29-19)10-25-11-14(23-24-25)20(8-9-20)12-6-4-3-5-7-12/h3-7,11,13,15-18,26-27H,2,8-10H2,1H3,(H,21,22)/t13-,15-,16-,17-,18-/m1/s1. The van der Waals surface area contributed by atoms with Gasteiger partial charge in [0.25, 0.3) is 0 Å². The molecule has 3 heterocycles. The molecule has 1 saturated carbocycles. The van der Waals surface area contributed by atoms with Gasteiger partial charge in [0.05, 0.1) is 12.2 Å². The van der Waals surface area contributed by atoms with Gasteiger partial charge in [-0.25, -0.2) is 4.68 Å². The van der Waals surface area contributed by atoms with Crippen molar-refractivity contribution in [3.05, 3.63) is 47.8 Å². The highest BCUT2D eigenvalue weighted by atomic mass is 32.2. The molecule has 0 radical (unpaired) electrons. The van der Waals surface area contributed by atoms with Gasteiger partial charge in [0, 0.05) is 18.2 Å². The van der Waals surface area contributed by atoms with Gasteiger partial charge in [0.2, 0.25) is 0 Å². The fourth-order valence-electron chi connectivity index (χ4n) is 4.18. The molecule has 1 aliphatic carbocycles. The molecular formula is C20H25N5O3S. The summed E-state index contributed by atoms with van der Waals surface area (Å²) < 4.78 is 7.79. The summed E-state index contributed by atoms with van der Waals surface area (Å²) in [7, 11) is 0. The number of benzene rings is 1. The van der Waals surface area contributed by atoms with Gasteiger partial charge in [-0.1, -0.05) is 47.3 Å². The van der Waals surface area contributed by atoms with Crippen LogP contribution in [0.4, 0.5) is 0 Å². The number of thioether (sulfide) groups is 1. The Bertz CT molecular complexity index is 901. The van der Waals surface area contributed by atoms with Gasteiger partial charge in [-0.2, -0.15) is 0 Å². The van der Waals surface area contributed by atoms with E-state index in [1.165, 1.54) is 17.3 Å². The lowest BCUT2D eigenvalue weighted by Gasteiger charge is -2.38. The fourth-order valence-corrected chi connectivity index (χ4v) is 5.37. The molecule has 3 N–H and O–H groups in total. The minimum absolute atomic E-state index is 0.0496. The Hall–Kier alpha value is -1.94. The summed E-state index contributed by atoms with van der Waals surface area (Å²) in [5.74, 6) is 0. The number of hydrogen-bond acceptors (Lipinski definition) is 8. The molecule has 29 heavy (non-hydrogen) atoms. The molecule has 0 amide bonds. The maximum Gasteiger partial charge on any atom is 0.159 e. The largest absolute Gasteiger partial charge is 0.388 e. The molecule has 5 atom stereocenters. The van der Waals surface area contributed by atoms with Gasteiger partial charge >= 0.3 is 0 Å². The highest BCUT2D eigenvalue weighted by Crippen LogP contribution is 2.52. The molecule has 0 unspecified atom stereocenters. The summed E-state index contributed by atoms with van der Waals surface area (Å²) in [5, 5.41) is 33.7. The molecule has 1 aromatic carbocycles. The van der Waals surface area contributed by atoms with Crippen LogP contribution in [-0.4, -0.2) is 66.7 Å². The molecule has 5 rings (SSSR count). The SMILES string of the molecule is CCNC1=N[C@@H]2[C@@H](O)[C@H](O)[C@@H](Cn3cc(C4(c5ccccc5)CC4)nn3)O[C@@H]2S1. The van der Waals surface area contributed by atoms with E-state index in [4.69, 9.17) is 4.74 Å². The van der Waals surface area contributed by atoms with E-state index < -0.39 is 24.4 Å². The zero-order chi connectivity index (χ0) is 20.0. The molecular weight excluding hydrogens is 390 g/mol. The second-order valence-corrected chi connectivity index (χ2v) is 8.96. The van der Waals surface area contributed by atoms with E-state index >= 15 is 0 Å². The van der Waals surface area contributed by atoms with Gasteiger partial charge in [0.1, 0.15) is 29.8 Å². The number of fused-ring (bicyclic) bond motifs is 1. The van der Waals surface area contributed by atoms with Crippen LogP contribution in [0, 0.1) is 0 Å². The van der Waals surface area contributed by atoms with Crippen molar-refractivity contribution < 1.29 is 14.9 Å². The van der Waals surface area contributed by atoms with Crippen LogP contribution in [0.1, 0.15) is 31.0 Å². The number of aromatic nitrogens is 3. The first-order chi connectivity index (χ1) is 14.1. The van der Waals surface area contributed by atoms with E-state index in [0.29, 0.717) is 6.54 Å². The van der Waals surface area contributed by atoms with E-state index in [2.05, 4.69) is 32.8 Å². The van der Waals surface area contributed by atoms with E-state index in [1.54, 1.807) is 4.68 Å². The Morgan fingerprint density at radius 1 is 1.24 bits per heavy atom. The molecule has 1 saturated heterocycles. The molecule has 2 aliphatic heterocycles. The summed E-state index contributed by atoms with van der Waals surface area (Å²) in [5.41, 5.74) is 1.84. The molecule has 1 aromatic heterocycles. The van der Waals surface area contributed by atoms with Crippen molar-refractivity contribution in [2.75, 3.05) is 6.54 Å². The molecule has 2 fully saturated rings. The summed E-state index contributed by atoms with van der Waals surface area (Å²) in [6, 6.07) is 9.92. The Kier molecular flexibility index (Phi) is 4.85. The minimum Gasteiger partial charge on any atom is -0.388 e. The normalized spacial score (nSPS) is 32.5. The van der Waals surface area contributed by atoms with Gasteiger partial charge in [-0.3, -0.25) is 4.99 Å². The molecule has 3 aliphatic rings. The number of amidine groups is 1. The van der Waals surface area contributed by atoms with Crippen LogP contribution in [0.25, 0.3) is 0 Å². The number of aliphatic hydroxyl groups excluding tert-OH is 2. The maximum absolute atomic E-state index is 10.6. The lowest BCUT2D eigenvalue weighted by Crippen LogP contribution is -2.55. The Morgan fingerprint density at radius 2 is 2.03 bits per heavy atom. The predicted octanol–water partition coefficient (Wildman–Crippen LogP) is 0.886. The zero-order valence-electron chi connectivity index (χ0n) is 16.2. The fraction of sp³-hybridized carbons (Fsp3) is 0.550. The Morgan fingerprint density at radius 3 is 2.76 bits per heavy atom. The van der Waals surface area contributed by atoms with Gasteiger partial charge in [-0.15, -0.1) is 5.10 Å². The van der Waals surface area contributed by atoms with E-state index in [1.807, 2.05) is 31.3 Å². The lowest BCUT2D eigenvalue weighted by molar-refractivity contribution is -0.157. The number of rotatable bonds is 5. The Labute approximate surface area is 173 Å². The smallest absolute Gasteiger partial charge is 0.159 e. The number of aliphatic imine (C=N–C) groups is 1. The van der Waals surface area contributed by atoms with Crippen LogP contribution < -0.4 is 5.32 Å². The quantitative estimate of drug-likeness (QED) is 0.666. The highest BCUT2D eigenvalue weighted by Gasteiger charge is 2.50. The van der Waals surface area contributed by atoms with Crippen LogP contribution >= 0.6 is 11.8 Å². The van der Waals surface area contributed by atoms with Crippen LogP contribution in [0.15, 0.2) is 41.5 Å². The van der Waals surface area contributed by atoms with Crippen molar-refractivity contribution in [2.24, 2.45) is 4.99 Å². The first-order valence-electron chi connectivity index (χ1n) is 10.1. The monoisotopic (exact) mass is 415 g/mol. The van der Waals surface area contributed by atoms with Crippen LogP contribution in [-0.2, 0) is 16.7 Å². The van der Waals surface area contributed by atoms with E-state index in [0.717, 1.165) is 30.2 Å². The van der Waals surface area contributed by atoms with Crippen molar-refractivity contribution in [1.29, 1.82) is 0 Å². The van der Waals surface area contributed by atoms with Crippen molar-refractivity contribution >= 4 is 16.9 Å². The number of nitrogens with zero attached hydrogens (tertiary/aromatic N) is 4. The third-order valence-corrected chi connectivity index (χ3v) is 7.06. The van der Waals surface area contributed by atoms with Gasteiger partial charge in [0.15, 0.2) is 5.17 Å². The zero-order valence-corrected chi connectivity index (χ0v) is 17.0. The molecule has 0 bridgehead atoms. The van der Waals surface area contributed by atoms with Crippen molar-refractivity contribution in [2.45, 2.75) is 61.5 Å². The summed E-state index contributed by atoms with van der Waals surface area (Å²) in [6.07, 6.45) is 1.49. The number of nitrogens with one attached hydrogen (secondary N) is 1. The summed E-state index contributed by atoms with van der Waals surface area (Å²) >= 11 is 1.46. The predicted molar refractivity (Wildman–Crippen MR) is 110 cm³/mol. The lowest BCUT2D eigenvalue weighted by atomic mass is 9.93. The maximum atomic E-state index is 10.6. The molecule has 9 heteroatoms. The Balaban J connectivity index is 1.30. The average Bonchev–Trinajstić information content (AvgIpc) is 3.24. The number of hydrogen-bond donors (Lipinski definition) is 3. The van der Waals surface area contributed by atoms with Crippen LogP contribution in [0.2, 0.25) is 0 Å². The molecule has 154 valence electrons. The summed E-state index contributed by atoms with van der Waals surface area (Å²) in [6.45, 7) is 3.07. The second-order valence-electron chi connectivity index (χ2n) is 7.87. The molecule has 0 spiro atoms. The number of aliphatic hydroxyl groups is 2.